The third kappa shape index (κ3) is 10.0. The van der Waals surface area contributed by atoms with E-state index < -0.39 is 96.0 Å². The Morgan fingerprint density at radius 1 is 0.904 bits per heavy atom. The molecule has 18 atom stereocenters. The van der Waals surface area contributed by atoms with Crippen molar-refractivity contribution in [2.45, 2.75) is 185 Å². The largest absolute Gasteiger partial charge is 0.459 e. The van der Waals surface area contributed by atoms with Crippen LogP contribution in [0, 0.1) is 17.8 Å². The SMILES string of the molecule is CC[C@H]1OC(=O)[C@H](C)C(OC2C[C@@](C)(OC)C(O)[C@H](C)O2)[C@H](C)C(OC2O[C@H](C)CC(N(C)C)C2O)[C@](C)(OC)C[C@@H](C)CN[C@H](C)C(O)[C@]1(C)O. The van der Waals surface area contributed by atoms with Crippen molar-refractivity contribution < 1.29 is 58.4 Å². The van der Waals surface area contributed by atoms with Crippen LogP contribution in [-0.4, -0.2) is 156 Å². The zero-order chi connectivity index (χ0) is 39.5. The molecule has 0 radical (unpaired) electrons. The molecule has 0 aromatic rings. The Hall–Kier alpha value is -1.01. The van der Waals surface area contributed by atoms with Gasteiger partial charge in [0.1, 0.15) is 30.0 Å². The molecule has 52 heavy (non-hydrogen) atoms. The second-order valence-electron chi connectivity index (χ2n) is 16.8. The van der Waals surface area contributed by atoms with Gasteiger partial charge in [0.2, 0.25) is 0 Å². The van der Waals surface area contributed by atoms with Crippen molar-refractivity contribution in [1.82, 2.24) is 10.2 Å². The highest BCUT2D eigenvalue weighted by Crippen LogP contribution is 2.41. The maximum atomic E-state index is 14.2. The molecule has 14 nitrogen and oxygen atoms in total. The molecule has 0 aliphatic carbocycles. The van der Waals surface area contributed by atoms with Crippen molar-refractivity contribution in [1.29, 1.82) is 0 Å². The molecule has 306 valence electrons. The fourth-order valence-corrected chi connectivity index (χ4v) is 8.53. The number of aliphatic hydroxyl groups is 4. The first kappa shape index (κ1) is 45.4. The van der Waals surface area contributed by atoms with Gasteiger partial charge < -0.3 is 63.8 Å². The van der Waals surface area contributed by atoms with Crippen LogP contribution in [0.5, 0.6) is 0 Å². The van der Waals surface area contributed by atoms with E-state index in [9.17, 15) is 25.2 Å². The fraction of sp³-hybridized carbons (Fsp3) is 0.974. The summed E-state index contributed by atoms with van der Waals surface area (Å²) < 4.78 is 44.3. The van der Waals surface area contributed by atoms with Gasteiger partial charge in [-0.2, -0.15) is 0 Å². The molecule has 8 unspecified atom stereocenters. The number of likely N-dealkylation sites (N-methyl/N-ethyl adjacent to an activating group) is 1. The summed E-state index contributed by atoms with van der Waals surface area (Å²) in [5.41, 5.74) is -3.79. The van der Waals surface area contributed by atoms with Crippen molar-refractivity contribution in [2.75, 3.05) is 34.9 Å². The van der Waals surface area contributed by atoms with Gasteiger partial charge in [-0.1, -0.05) is 20.8 Å². The molecule has 3 aliphatic rings. The third-order valence-corrected chi connectivity index (χ3v) is 12.2. The molecule has 0 amide bonds. The quantitative estimate of drug-likeness (QED) is 0.228. The van der Waals surface area contributed by atoms with E-state index >= 15 is 0 Å². The first-order valence-electron chi connectivity index (χ1n) is 19.2. The lowest BCUT2D eigenvalue weighted by Gasteiger charge is -2.49. The van der Waals surface area contributed by atoms with Gasteiger partial charge in [0.25, 0.3) is 0 Å². The van der Waals surface area contributed by atoms with E-state index in [2.05, 4.69) is 12.2 Å². The van der Waals surface area contributed by atoms with E-state index in [-0.39, 0.29) is 30.9 Å². The summed E-state index contributed by atoms with van der Waals surface area (Å²) in [6.07, 6.45) is -7.25. The van der Waals surface area contributed by atoms with Crippen LogP contribution in [-0.2, 0) is 38.0 Å². The molecule has 3 saturated heterocycles. The molecule has 0 bridgehead atoms. The number of methoxy groups -OCH3 is 2. The summed E-state index contributed by atoms with van der Waals surface area (Å²) in [6.45, 7) is 18.6. The van der Waals surface area contributed by atoms with Crippen LogP contribution in [0.1, 0.15) is 94.9 Å². The number of carbonyl (C=O) groups excluding carboxylic acids is 1. The first-order chi connectivity index (χ1) is 24.1. The van der Waals surface area contributed by atoms with Gasteiger partial charge in [0.05, 0.1) is 41.5 Å². The van der Waals surface area contributed by atoms with Crippen LogP contribution < -0.4 is 5.32 Å². The van der Waals surface area contributed by atoms with E-state index in [0.29, 0.717) is 19.4 Å². The monoisotopic (exact) mass is 749 g/mol. The van der Waals surface area contributed by atoms with Gasteiger partial charge >= 0.3 is 5.97 Å². The molecule has 0 aromatic carbocycles. The zero-order valence-electron chi connectivity index (χ0n) is 34.2. The molecule has 14 heteroatoms. The number of aliphatic hydroxyl groups excluding tert-OH is 3. The highest BCUT2D eigenvalue weighted by atomic mass is 16.7. The molecular formula is C38H72N2O12. The van der Waals surface area contributed by atoms with E-state index in [0.717, 1.165) is 0 Å². The Morgan fingerprint density at radius 2 is 1.52 bits per heavy atom. The highest BCUT2D eigenvalue weighted by Gasteiger charge is 2.53. The van der Waals surface area contributed by atoms with Crippen LogP contribution in [0.15, 0.2) is 0 Å². The Balaban J connectivity index is 2.19. The van der Waals surface area contributed by atoms with Crippen LogP contribution in [0.3, 0.4) is 0 Å². The van der Waals surface area contributed by atoms with E-state index in [1.165, 1.54) is 14.0 Å². The zero-order valence-corrected chi connectivity index (χ0v) is 34.2. The van der Waals surface area contributed by atoms with Gasteiger partial charge in [-0.25, -0.2) is 0 Å². The van der Waals surface area contributed by atoms with E-state index in [1.807, 2.05) is 39.8 Å². The molecule has 0 saturated carbocycles. The number of nitrogens with one attached hydrogen (secondary N) is 1. The predicted octanol–water partition coefficient (Wildman–Crippen LogP) is 2.21. The lowest BCUT2D eigenvalue weighted by Crippen LogP contribution is -2.61. The standard InChI is InChI=1S/C38H72N2O12/c1-15-27-38(10,45)31(42)24(6)39-19-20(2)17-37(9,47-14)33(52-35-29(41)26(40(11)12)16-21(3)48-35)22(4)30(23(5)34(44)50-27)51-28-18-36(8,46-13)32(43)25(7)49-28/h20-33,35,39,41-43,45H,15-19H2,1-14H3/t20-,21-,22+,23-,24-,25+,26?,27-,28?,29?,30?,31?,32?,33?,35?,36-,37-,38-/m1/s1. The predicted molar refractivity (Wildman–Crippen MR) is 194 cm³/mol. The van der Waals surface area contributed by atoms with Gasteiger partial charge in [0, 0.05) is 38.6 Å². The van der Waals surface area contributed by atoms with Gasteiger partial charge in [-0.3, -0.25) is 4.79 Å². The minimum Gasteiger partial charge on any atom is -0.459 e. The van der Waals surface area contributed by atoms with Crippen LogP contribution in [0.2, 0.25) is 0 Å². The van der Waals surface area contributed by atoms with Gasteiger partial charge in [0.15, 0.2) is 12.6 Å². The van der Waals surface area contributed by atoms with Crippen molar-refractivity contribution in [3.05, 3.63) is 0 Å². The molecule has 3 rings (SSSR count). The molecule has 3 aliphatic heterocycles. The maximum absolute atomic E-state index is 14.2. The first-order valence-corrected chi connectivity index (χ1v) is 19.2. The van der Waals surface area contributed by atoms with Crippen LogP contribution in [0.25, 0.3) is 0 Å². The summed E-state index contributed by atoms with van der Waals surface area (Å²) in [4.78, 5) is 16.2. The molecule has 3 heterocycles. The summed E-state index contributed by atoms with van der Waals surface area (Å²) >= 11 is 0. The number of hydrogen-bond acceptors (Lipinski definition) is 14. The Bertz CT molecular complexity index is 1130. The summed E-state index contributed by atoms with van der Waals surface area (Å²) in [6, 6.07) is -0.777. The normalized spacial score (nSPS) is 49.2. The lowest BCUT2D eigenvalue weighted by atomic mass is 9.77. The second-order valence-corrected chi connectivity index (χ2v) is 16.8. The Labute approximate surface area is 312 Å². The second kappa shape index (κ2) is 18.3. The van der Waals surface area contributed by atoms with Crippen LogP contribution in [0.4, 0.5) is 0 Å². The molecule has 0 spiro atoms. The minimum atomic E-state index is -1.78. The van der Waals surface area contributed by atoms with Crippen LogP contribution >= 0.6 is 0 Å². The van der Waals surface area contributed by atoms with Crippen molar-refractivity contribution >= 4 is 5.97 Å². The average Bonchev–Trinajstić information content (AvgIpc) is 3.08. The van der Waals surface area contributed by atoms with Gasteiger partial charge in [-0.05, 0) is 94.3 Å². The Morgan fingerprint density at radius 3 is 2.08 bits per heavy atom. The molecule has 3 fully saturated rings. The highest BCUT2D eigenvalue weighted by molar-refractivity contribution is 5.73. The molecule has 0 aromatic heterocycles. The number of esters is 1. The fourth-order valence-electron chi connectivity index (χ4n) is 8.53. The van der Waals surface area contributed by atoms with E-state index in [4.69, 9.17) is 33.2 Å². The topological polar surface area (TPSA) is 178 Å². The van der Waals surface area contributed by atoms with Crippen molar-refractivity contribution in [3.8, 4) is 0 Å². The van der Waals surface area contributed by atoms with Crippen molar-refractivity contribution in [2.24, 2.45) is 17.8 Å². The number of rotatable bonds is 8. The molecular weight excluding hydrogens is 676 g/mol. The maximum Gasteiger partial charge on any atom is 0.311 e. The van der Waals surface area contributed by atoms with Gasteiger partial charge in [-0.15, -0.1) is 0 Å². The minimum absolute atomic E-state index is 0.0262. The number of hydrogen-bond donors (Lipinski definition) is 5. The van der Waals surface area contributed by atoms with E-state index in [1.54, 1.807) is 41.7 Å². The number of cyclic esters (lactones) is 1. The summed E-state index contributed by atoms with van der Waals surface area (Å²) in [5, 5.41) is 48.9. The number of carbonyl (C=O) groups is 1. The lowest BCUT2D eigenvalue weighted by molar-refractivity contribution is -0.319. The average molecular weight is 749 g/mol. The third-order valence-electron chi connectivity index (χ3n) is 12.2. The molecule has 5 N–H and O–H groups in total. The number of ether oxygens (including phenoxy) is 7. The summed E-state index contributed by atoms with van der Waals surface area (Å²) in [7, 11) is 6.96. The number of nitrogens with zero attached hydrogens (tertiary/aromatic N) is 1. The Kier molecular flexibility index (Phi) is 16.0. The summed E-state index contributed by atoms with van der Waals surface area (Å²) in [5.74, 6) is -2.24. The van der Waals surface area contributed by atoms with Crippen molar-refractivity contribution in [3.63, 3.8) is 0 Å². The smallest absolute Gasteiger partial charge is 0.311 e.